The van der Waals surface area contributed by atoms with Crippen molar-refractivity contribution in [2.45, 2.75) is 27.2 Å². The highest BCUT2D eigenvalue weighted by Crippen LogP contribution is 2.46. The lowest BCUT2D eigenvalue weighted by Gasteiger charge is -2.37. The largest absolute Gasteiger partial charge is 0.508 e. The van der Waals surface area contributed by atoms with Crippen molar-refractivity contribution in [3.63, 3.8) is 0 Å². The lowest BCUT2D eigenvalue weighted by molar-refractivity contribution is 0.0824. The fourth-order valence-electron chi connectivity index (χ4n) is 4.95. The maximum Gasteiger partial charge on any atom is 0.184 e. The molecule has 0 bridgehead atoms. The molecule has 0 amide bonds. The quantitative estimate of drug-likeness (QED) is 0.329. The Balaban J connectivity index is 1.39. The van der Waals surface area contributed by atoms with Crippen LogP contribution >= 0.6 is 11.3 Å². The normalized spacial score (nSPS) is 19.8. The zero-order valence-electron chi connectivity index (χ0n) is 21.0. The van der Waals surface area contributed by atoms with Crippen LogP contribution in [0.4, 0.5) is 4.39 Å². The molecule has 36 heavy (non-hydrogen) atoms. The Kier molecular flexibility index (Phi) is 6.75. The van der Waals surface area contributed by atoms with Crippen molar-refractivity contribution in [2.24, 2.45) is 17.3 Å². The van der Waals surface area contributed by atoms with Crippen molar-refractivity contribution in [1.82, 2.24) is 4.90 Å². The van der Waals surface area contributed by atoms with Gasteiger partial charge >= 0.3 is 0 Å². The molecule has 0 radical (unpaired) electrons. The van der Waals surface area contributed by atoms with Gasteiger partial charge in [-0.2, -0.15) is 0 Å². The molecule has 6 heteroatoms. The van der Waals surface area contributed by atoms with Crippen LogP contribution < -0.4 is 4.74 Å². The number of fused-ring (bicyclic) bond motifs is 1. The van der Waals surface area contributed by atoms with E-state index in [1.807, 2.05) is 43.3 Å². The second kappa shape index (κ2) is 9.83. The van der Waals surface area contributed by atoms with Crippen LogP contribution in [0, 0.1) is 17.3 Å². The number of aromatic hydroxyl groups is 1. The highest BCUT2D eigenvalue weighted by atomic mass is 32.1. The van der Waals surface area contributed by atoms with Gasteiger partial charge < -0.3 is 14.7 Å². The SMILES string of the molecule is CC1=CC(C(=O)c2sc3cc(O)ccc3c2Oc2ccc(CCN3CC(CF)C3)cc2)C(C)(C)C=C1. The molecule has 1 fully saturated rings. The van der Waals surface area contributed by atoms with Crippen molar-refractivity contribution in [3.8, 4) is 17.2 Å². The van der Waals surface area contributed by atoms with E-state index in [0.29, 0.717) is 16.4 Å². The fraction of sp³-hybridized carbons (Fsp3) is 0.367. The number of thiophene rings is 1. The minimum atomic E-state index is -0.311. The number of phenols is 1. The zero-order valence-corrected chi connectivity index (χ0v) is 21.8. The summed E-state index contributed by atoms with van der Waals surface area (Å²) in [6.45, 7) is 8.54. The van der Waals surface area contributed by atoms with E-state index in [2.05, 4.69) is 30.9 Å². The Bertz CT molecular complexity index is 1330. The number of alkyl halides is 1. The average Bonchev–Trinajstić information content (AvgIpc) is 3.17. The van der Waals surface area contributed by atoms with E-state index in [1.165, 1.54) is 16.9 Å². The van der Waals surface area contributed by atoms with Crippen molar-refractivity contribution >= 4 is 27.2 Å². The van der Waals surface area contributed by atoms with Crippen molar-refractivity contribution in [2.75, 3.05) is 26.3 Å². The number of nitrogens with zero attached hydrogens (tertiary/aromatic N) is 1. The Morgan fingerprint density at radius 1 is 1.19 bits per heavy atom. The van der Waals surface area contributed by atoms with Crippen LogP contribution in [0.3, 0.4) is 0 Å². The minimum Gasteiger partial charge on any atom is -0.508 e. The lowest BCUT2D eigenvalue weighted by Crippen LogP contribution is -2.48. The number of halogens is 1. The molecule has 0 saturated carbocycles. The number of ether oxygens (including phenoxy) is 1. The number of likely N-dealkylation sites (tertiary alicyclic amines) is 1. The Morgan fingerprint density at radius 3 is 2.67 bits per heavy atom. The summed E-state index contributed by atoms with van der Waals surface area (Å²) in [5.41, 5.74) is 1.95. The molecular weight excluding hydrogens is 473 g/mol. The number of phenolic OH excluding ortho intramolecular Hbond substituents is 1. The van der Waals surface area contributed by atoms with E-state index in [4.69, 9.17) is 4.74 Å². The van der Waals surface area contributed by atoms with Gasteiger partial charge in [0.1, 0.15) is 16.4 Å². The van der Waals surface area contributed by atoms with Gasteiger partial charge in [-0.1, -0.05) is 49.8 Å². The van der Waals surface area contributed by atoms with Crippen LogP contribution in [0.25, 0.3) is 10.1 Å². The van der Waals surface area contributed by atoms with Crippen LogP contribution in [0.1, 0.15) is 36.0 Å². The van der Waals surface area contributed by atoms with Crippen LogP contribution in [0.5, 0.6) is 17.2 Å². The van der Waals surface area contributed by atoms with Crippen LogP contribution in [-0.4, -0.2) is 42.1 Å². The first kappa shape index (κ1) is 24.7. The summed E-state index contributed by atoms with van der Waals surface area (Å²) in [5, 5.41) is 10.9. The van der Waals surface area contributed by atoms with Crippen molar-refractivity contribution in [1.29, 1.82) is 0 Å². The molecule has 1 unspecified atom stereocenters. The van der Waals surface area contributed by atoms with E-state index < -0.39 is 0 Å². The zero-order chi connectivity index (χ0) is 25.4. The molecule has 1 saturated heterocycles. The van der Waals surface area contributed by atoms with E-state index in [9.17, 15) is 14.3 Å². The van der Waals surface area contributed by atoms with E-state index in [-0.39, 0.29) is 35.5 Å². The Morgan fingerprint density at radius 2 is 1.94 bits per heavy atom. The number of rotatable bonds is 8. The van der Waals surface area contributed by atoms with Gasteiger partial charge in [0.2, 0.25) is 0 Å². The van der Waals surface area contributed by atoms with Gasteiger partial charge in [-0.25, -0.2) is 0 Å². The van der Waals surface area contributed by atoms with Gasteiger partial charge in [0, 0.05) is 35.6 Å². The second-order valence-corrected chi connectivity index (χ2v) is 11.7. The first-order valence-corrected chi connectivity index (χ1v) is 13.3. The number of ketones is 1. The van der Waals surface area contributed by atoms with E-state index in [1.54, 1.807) is 12.1 Å². The van der Waals surface area contributed by atoms with E-state index >= 15 is 0 Å². The number of carbonyl (C=O) groups is 1. The molecule has 5 rings (SSSR count). The molecule has 1 aliphatic heterocycles. The highest BCUT2D eigenvalue weighted by Gasteiger charge is 2.36. The molecule has 2 aromatic carbocycles. The summed E-state index contributed by atoms with van der Waals surface area (Å²) in [6, 6.07) is 13.1. The third-order valence-corrected chi connectivity index (χ3v) is 8.40. The number of hydrogen-bond donors (Lipinski definition) is 1. The summed E-state index contributed by atoms with van der Waals surface area (Å²) in [6.07, 6.45) is 7.10. The summed E-state index contributed by atoms with van der Waals surface area (Å²) >= 11 is 1.37. The molecule has 2 heterocycles. The molecule has 1 aromatic heterocycles. The van der Waals surface area contributed by atoms with Gasteiger partial charge in [-0.15, -0.1) is 11.3 Å². The number of hydrogen-bond acceptors (Lipinski definition) is 5. The lowest BCUT2D eigenvalue weighted by atomic mass is 9.72. The molecular formula is C30H32FNO3S. The molecule has 4 nitrogen and oxygen atoms in total. The number of carbonyl (C=O) groups excluding carboxylic acids is 1. The Labute approximate surface area is 215 Å². The number of benzene rings is 2. The van der Waals surface area contributed by atoms with Crippen LogP contribution in [0.15, 0.2) is 66.3 Å². The molecule has 188 valence electrons. The minimum absolute atomic E-state index is 0.0251. The highest BCUT2D eigenvalue weighted by molar-refractivity contribution is 7.21. The maximum absolute atomic E-state index is 13.9. The third kappa shape index (κ3) is 4.97. The Hall–Kier alpha value is -2.96. The van der Waals surface area contributed by atoms with Gasteiger partial charge in [-0.3, -0.25) is 9.18 Å². The maximum atomic E-state index is 13.9. The summed E-state index contributed by atoms with van der Waals surface area (Å²) in [5.74, 6) is 1.30. The molecule has 0 spiro atoms. The standard InChI is InChI=1S/C30H32FNO3S/c1-19-10-12-30(2,3)25(14-19)27(34)29-28(24-9-6-22(33)15-26(24)36-29)35-23-7-4-20(5-8-23)11-13-32-17-21(16-31)18-32/h4-10,12,14-15,21,25,33H,11,13,16-18H2,1-3H3. The monoisotopic (exact) mass is 505 g/mol. The van der Waals surface area contributed by atoms with Crippen LogP contribution in [-0.2, 0) is 6.42 Å². The topological polar surface area (TPSA) is 49.8 Å². The second-order valence-electron chi connectivity index (χ2n) is 10.6. The van der Waals surface area contributed by atoms with E-state index in [0.717, 1.165) is 41.7 Å². The average molecular weight is 506 g/mol. The molecule has 1 N–H and O–H groups in total. The predicted octanol–water partition coefficient (Wildman–Crippen LogP) is 7.18. The molecule has 3 aromatic rings. The first-order valence-electron chi connectivity index (χ1n) is 12.5. The number of allylic oxidation sites excluding steroid dienone is 4. The molecule has 1 atom stereocenters. The van der Waals surface area contributed by atoms with Crippen molar-refractivity contribution in [3.05, 3.63) is 76.7 Å². The van der Waals surface area contributed by atoms with Gasteiger partial charge in [0.15, 0.2) is 11.5 Å². The molecule has 1 aliphatic carbocycles. The first-order chi connectivity index (χ1) is 17.2. The van der Waals surface area contributed by atoms with Gasteiger partial charge in [0.05, 0.1) is 12.6 Å². The summed E-state index contributed by atoms with van der Waals surface area (Å²) < 4.78 is 19.8. The van der Waals surface area contributed by atoms with Gasteiger partial charge in [0.25, 0.3) is 0 Å². The third-order valence-electron chi connectivity index (χ3n) is 7.25. The molecule has 2 aliphatic rings. The smallest absolute Gasteiger partial charge is 0.184 e. The fourth-order valence-corrected chi connectivity index (χ4v) is 6.09. The van der Waals surface area contributed by atoms with Crippen molar-refractivity contribution < 1.29 is 19.0 Å². The predicted molar refractivity (Wildman–Crippen MR) is 144 cm³/mol. The number of Topliss-reactive ketones (excluding diaryl/α,β-unsaturated/α-hetero) is 1. The van der Waals surface area contributed by atoms with Crippen LogP contribution in [0.2, 0.25) is 0 Å². The summed E-state index contributed by atoms with van der Waals surface area (Å²) in [7, 11) is 0. The summed E-state index contributed by atoms with van der Waals surface area (Å²) in [4.78, 5) is 16.7. The van der Waals surface area contributed by atoms with Gasteiger partial charge in [-0.05, 0) is 54.7 Å².